The number of ketones is 1. The highest BCUT2D eigenvalue weighted by Gasteiger charge is 2.80. The van der Waals surface area contributed by atoms with Crippen molar-refractivity contribution in [1.82, 2.24) is 9.80 Å². The monoisotopic (exact) mass is 596 g/mol. The number of para-hydroxylation sites is 1. The summed E-state index contributed by atoms with van der Waals surface area (Å²) < 4.78 is 0. The van der Waals surface area contributed by atoms with Crippen LogP contribution in [0.4, 0.5) is 11.4 Å². The van der Waals surface area contributed by atoms with Crippen LogP contribution in [0, 0.1) is 16.0 Å². The van der Waals surface area contributed by atoms with Gasteiger partial charge >= 0.3 is 0 Å². The molecule has 3 aromatic carbocycles. The van der Waals surface area contributed by atoms with Gasteiger partial charge < -0.3 is 10.2 Å². The van der Waals surface area contributed by atoms with Gasteiger partial charge in [-0.25, -0.2) is 0 Å². The Hall–Kier alpha value is -4.09. The van der Waals surface area contributed by atoms with Crippen LogP contribution >= 0.6 is 21.6 Å². The molecule has 1 N–H and O–H groups in total. The van der Waals surface area contributed by atoms with Gasteiger partial charge in [0.1, 0.15) is 6.17 Å². The minimum absolute atomic E-state index is 0.0363. The molecule has 210 valence electrons. The lowest BCUT2D eigenvalue weighted by Crippen LogP contribution is -2.72. The number of Topliss-reactive ketones (excluding diaryl/α,β-unsaturated/α-hetero) is 1. The first kappa shape index (κ1) is 25.6. The number of fused-ring (bicyclic) bond motifs is 6. The SMILES string of the molecule is CN1C(=O)[C@]23SS[C@H]1C(=O)N2[C@H]1Nc2ccccc2[C@@]1(C1=CCc2ccccc21)[C@@H]3CC(=O)c1ccc([N+](=O)[O-])cc1. The Morgan fingerprint density at radius 3 is 2.60 bits per heavy atom. The second-order valence-electron chi connectivity index (χ2n) is 11.3. The van der Waals surface area contributed by atoms with Crippen molar-refractivity contribution >= 4 is 56.1 Å². The largest absolute Gasteiger partial charge is 0.364 e. The molecule has 3 aromatic rings. The molecule has 5 aliphatic heterocycles. The van der Waals surface area contributed by atoms with E-state index in [0.717, 1.165) is 28.0 Å². The first-order valence-corrected chi connectivity index (χ1v) is 15.9. The molecule has 11 heteroatoms. The molecule has 9 nitrogen and oxygen atoms in total. The van der Waals surface area contributed by atoms with E-state index in [1.165, 1.54) is 50.8 Å². The fourth-order valence-corrected chi connectivity index (χ4v) is 11.5. The summed E-state index contributed by atoms with van der Waals surface area (Å²) in [6.45, 7) is 0. The molecule has 4 saturated heterocycles. The van der Waals surface area contributed by atoms with Gasteiger partial charge in [-0.1, -0.05) is 70.1 Å². The second kappa shape index (κ2) is 8.71. The Bertz CT molecular complexity index is 1780. The standard InChI is InChI=1S/C31H24N4O5S2/c1-33-27-26(37)34-28-30(22-8-4-5-9-23(22)32-28,21-15-12-17-6-2-3-7-20(17)21)25(31(34,29(33)38)42-41-27)16-24(36)18-10-13-19(14-11-18)35(39)40/h2-11,13-15,25,27-28,32H,12,16H2,1H3/t25-,27-,28+,30-,31-/m0/s1. The van der Waals surface area contributed by atoms with Crippen molar-refractivity contribution in [3.63, 3.8) is 0 Å². The third kappa shape index (κ3) is 2.99. The lowest BCUT2D eigenvalue weighted by Gasteiger charge is -2.54. The summed E-state index contributed by atoms with van der Waals surface area (Å²) in [5.74, 6) is -1.20. The normalized spacial score (nSPS) is 29.9. The number of carbonyl (C=O) groups excluding carboxylic acids is 3. The third-order valence-corrected chi connectivity index (χ3v) is 12.8. The number of nitro benzene ring substituents is 1. The number of rotatable bonds is 5. The first-order valence-electron chi connectivity index (χ1n) is 13.7. The fraction of sp³-hybridized carbons (Fsp3) is 0.258. The minimum Gasteiger partial charge on any atom is -0.364 e. The predicted octanol–water partition coefficient (Wildman–Crippen LogP) is 4.84. The van der Waals surface area contributed by atoms with E-state index < -0.39 is 32.7 Å². The summed E-state index contributed by atoms with van der Waals surface area (Å²) in [7, 11) is 4.43. The van der Waals surface area contributed by atoms with Gasteiger partial charge in [0.2, 0.25) is 0 Å². The molecule has 5 atom stereocenters. The Kier molecular flexibility index (Phi) is 5.31. The molecule has 2 amide bonds. The van der Waals surface area contributed by atoms with Crippen molar-refractivity contribution in [2.75, 3.05) is 12.4 Å². The maximum absolute atomic E-state index is 14.4. The van der Waals surface area contributed by atoms with Crippen LogP contribution in [0.1, 0.15) is 33.5 Å². The number of likely N-dealkylation sites (N-methyl/N-ethyl adjacent to an activating group) is 1. The van der Waals surface area contributed by atoms with Crippen molar-refractivity contribution in [1.29, 1.82) is 0 Å². The van der Waals surface area contributed by atoms with Gasteiger partial charge in [-0.05, 0) is 46.9 Å². The van der Waals surface area contributed by atoms with Gasteiger partial charge in [0, 0.05) is 42.8 Å². The van der Waals surface area contributed by atoms with Crippen LogP contribution in [-0.4, -0.2) is 55.8 Å². The van der Waals surface area contributed by atoms with Crippen LogP contribution in [0.25, 0.3) is 5.57 Å². The zero-order chi connectivity index (χ0) is 29.0. The lowest BCUT2D eigenvalue weighted by atomic mass is 9.62. The molecule has 0 saturated carbocycles. The maximum Gasteiger partial charge on any atom is 0.269 e. The van der Waals surface area contributed by atoms with E-state index in [1.807, 2.05) is 36.4 Å². The average molecular weight is 597 g/mol. The van der Waals surface area contributed by atoms with E-state index in [0.29, 0.717) is 12.0 Å². The van der Waals surface area contributed by atoms with E-state index in [4.69, 9.17) is 0 Å². The van der Waals surface area contributed by atoms with Crippen LogP contribution < -0.4 is 5.32 Å². The quantitative estimate of drug-likeness (QED) is 0.193. The molecule has 2 bridgehead atoms. The average Bonchev–Trinajstić information content (AvgIpc) is 3.64. The van der Waals surface area contributed by atoms with Crippen LogP contribution in [0.5, 0.6) is 0 Å². The van der Waals surface area contributed by atoms with Crippen molar-refractivity contribution in [2.45, 2.75) is 34.7 Å². The predicted molar refractivity (Wildman–Crippen MR) is 161 cm³/mol. The second-order valence-corrected chi connectivity index (χ2v) is 13.8. The molecular formula is C31H24N4O5S2. The van der Waals surface area contributed by atoms with E-state index in [-0.39, 0.29) is 29.7 Å². The maximum atomic E-state index is 14.4. The van der Waals surface area contributed by atoms with Gasteiger partial charge in [0.15, 0.2) is 16.0 Å². The number of allylic oxidation sites excluding steroid dienone is 1. The molecule has 6 aliphatic rings. The van der Waals surface area contributed by atoms with E-state index in [1.54, 1.807) is 11.9 Å². The van der Waals surface area contributed by atoms with Crippen LogP contribution in [0.15, 0.2) is 78.9 Å². The number of carbonyl (C=O) groups is 3. The minimum atomic E-state index is -1.33. The highest BCUT2D eigenvalue weighted by molar-refractivity contribution is 8.78. The molecule has 0 aromatic heterocycles. The number of anilines is 1. The summed E-state index contributed by atoms with van der Waals surface area (Å²) in [6, 6.07) is 21.7. The Balaban J connectivity index is 1.38. The molecule has 0 unspecified atom stereocenters. The number of nitro groups is 1. The lowest BCUT2D eigenvalue weighted by molar-refractivity contribution is -0.384. The molecule has 9 rings (SSSR count). The number of amides is 2. The van der Waals surface area contributed by atoms with Gasteiger partial charge in [-0.2, -0.15) is 0 Å². The van der Waals surface area contributed by atoms with Crippen molar-refractivity contribution in [2.24, 2.45) is 5.92 Å². The topological polar surface area (TPSA) is 113 Å². The Labute approximate surface area is 248 Å². The number of piperazine rings is 1. The van der Waals surface area contributed by atoms with Crippen molar-refractivity contribution in [3.05, 3.63) is 111 Å². The number of nitrogens with zero attached hydrogens (tertiary/aromatic N) is 3. The van der Waals surface area contributed by atoms with Gasteiger partial charge in [0.05, 0.1) is 10.3 Å². The van der Waals surface area contributed by atoms with E-state index in [2.05, 4.69) is 23.5 Å². The zero-order valence-electron chi connectivity index (χ0n) is 22.4. The number of hydrogen-bond acceptors (Lipinski definition) is 8. The summed E-state index contributed by atoms with van der Waals surface area (Å²) in [5.41, 5.74) is 4.40. The molecule has 5 heterocycles. The summed E-state index contributed by atoms with van der Waals surface area (Å²) >= 11 is 0. The number of nitrogens with one attached hydrogen (secondary N) is 1. The molecule has 42 heavy (non-hydrogen) atoms. The number of hydrogen-bond donors (Lipinski definition) is 1. The van der Waals surface area contributed by atoms with Crippen molar-refractivity contribution < 1.29 is 19.3 Å². The zero-order valence-corrected chi connectivity index (χ0v) is 24.0. The smallest absolute Gasteiger partial charge is 0.269 e. The molecule has 1 spiro atoms. The van der Waals surface area contributed by atoms with Gasteiger partial charge in [-0.15, -0.1) is 0 Å². The third-order valence-electron chi connectivity index (χ3n) is 9.50. The fourth-order valence-electron chi connectivity index (χ4n) is 7.76. The summed E-state index contributed by atoms with van der Waals surface area (Å²) in [4.78, 5) is 55.5. The molecule has 0 radical (unpaired) electrons. The number of benzene rings is 3. The van der Waals surface area contributed by atoms with E-state index >= 15 is 0 Å². The van der Waals surface area contributed by atoms with Crippen LogP contribution in [0.3, 0.4) is 0 Å². The van der Waals surface area contributed by atoms with Crippen LogP contribution in [0.2, 0.25) is 0 Å². The van der Waals surface area contributed by atoms with Crippen molar-refractivity contribution in [3.8, 4) is 0 Å². The first-order chi connectivity index (χ1) is 20.3. The molecule has 1 aliphatic carbocycles. The van der Waals surface area contributed by atoms with Gasteiger partial charge in [-0.3, -0.25) is 29.4 Å². The Morgan fingerprint density at radius 2 is 1.81 bits per heavy atom. The molecular weight excluding hydrogens is 572 g/mol. The van der Waals surface area contributed by atoms with E-state index in [9.17, 15) is 24.5 Å². The molecule has 4 fully saturated rings. The highest BCUT2D eigenvalue weighted by Crippen LogP contribution is 2.72. The summed E-state index contributed by atoms with van der Waals surface area (Å²) in [5, 5.41) is 14.2. The highest BCUT2D eigenvalue weighted by atomic mass is 33.1. The van der Waals surface area contributed by atoms with Gasteiger partial charge in [0.25, 0.3) is 17.5 Å². The van der Waals surface area contributed by atoms with Crippen LogP contribution in [-0.2, 0) is 21.4 Å². The number of non-ortho nitro benzene ring substituents is 1. The Morgan fingerprint density at radius 1 is 1.07 bits per heavy atom. The summed E-state index contributed by atoms with van der Waals surface area (Å²) in [6.07, 6.45) is 2.29.